The van der Waals surface area contributed by atoms with Crippen molar-refractivity contribution in [2.75, 3.05) is 13.7 Å². The van der Waals surface area contributed by atoms with Crippen LogP contribution < -0.4 is 15.0 Å². The van der Waals surface area contributed by atoms with E-state index in [2.05, 4.69) is 4.98 Å². The van der Waals surface area contributed by atoms with Gasteiger partial charge in [-0.15, -0.1) is 0 Å². The van der Waals surface area contributed by atoms with Crippen LogP contribution in [0.2, 0.25) is 0 Å². The maximum atomic E-state index is 13.2. The summed E-state index contributed by atoms with van der Waals surface area (Å²) in [6.07, 6.45) is 7.89. The van der Waals surface area contributed by atoms with Gasteiger partial charge in [0.15, 0.2) is 0 Å². The van der Waals surface area contributed by atoms with E-state index in [-0.39, 0.29) is 11.6 Å². The summed E-state index contributed by atoms with van der Waals surface area (Å²) in [4.78, 5) is 29.5. The largest absolute Gasteiger partial charge is 0.497 e. The van der Waals surface area contributed by atoms with Gasteiger partial charge in [-0.1, -0.05) is 13.0 Å². The van der Waals surface area contributed by atoms with Gasteiger partial charge in [0, 0.05) is 11.1 Å². The topological polar surface area (TPSA) is 90.7 Å². The molecule has 1 aliphatic heterocycles. The van der Waals surface area contributed by atoms with Gasteiger partial charge in [0.2, 0.25) is 0 Å². The first-order chi connectivity index (χ1) is 14.4. The standard InChI is InChI=1S/C23H24N2O5/c1-4-16-17(8-6-14-12-15(29-3)7-9-18(14)30-5-2)24-20-10-11-23(22(27)28)13-19(23)25(20)21(16)26/h6-12,19H,4-5,13H2,1-3H3,(H,27,28)/b8-6+. The molecule has 1 saturated carbocycles. The Morgan fingerprint density at radius 2 is 2.17 bits per heavy atom. The lowest BCUT2D eigenvalue weighted by Crippen LogP contribution is -2.32. The summed E-state index contributed by atoms with van der Waals surface area (Å²) in [5.41, 5.74) is 0.828. The SMILES string of the molecule is CCOc1ccc(OC)cc1/C=C/c1nc2n(c(=O)c1CC)C1CC1(C(=O)O)C=C2. The highest BCUT2D eigenvalue weighted by Gasteiger charge is 2.62. The number of benzene rings is 1. The molecule has 0 amide bonds. The van der Waals surface area contributed by atoms with Crippen LogP contribution in [0.3, 0.4) is 0 Å². The molecule has 0 radical (unpaired) electrons. The van der Waals surface area contributed by atoms with Crippen molar-refractivity contribution in [3.63, 3.8) is 0 Å². The Hall–Kier alpha value is -3.35. The van der Waals surface area contributed by atoms with Gasteiger partial charge in [0.05, 0.1) is 25.5 Å². The fourth-order valence-corrected chi connectivity index (χ4v) is 4.02. The van der Waals surface area contributed by atoms with Crippen molar-refractivity contribution in [2.24, 2.45) is 5.41 Å². The molecule has 1 aromatic heterocycles. The van der Waals surface area contributed by atoms with Gasteiger partial charge in [0.25, 0.3) is 5.56 Å². The van der Waals surface area contributed by atoms with Crippen LogP contribution in [0.25, 0.3) is 18.2 Å². The predicted octanol–water partition coefficient (Wildman–Crippen LogP) is 3.43. The monoisotopic (exact) mass is 408 g/mol. The Balaban J connectivity index is 1.77. The number of rotatable bonds is 7. The zero-order valence-electron chi connectivity index (χ0n) is 17.2. The zero-order chi connectivity index (χ0) is 21.5. The van der Waals surface area contributed by atoms with E-state index in [1.165, 1.54) is 0 Å². The summed E-state index contributed by atoms with van der Waals surface area (Å²) in [6.45, 7) is 4.35. The summed E-state index contributed by atoms with van der Waals surface area (Å²) in [5, 5.41) is 9.54. The highest BCUT2D eigenvalue weighted by Crippen LogP contribution is 2.59. The molecule has 1 N–H and O–H groups in total. The molecule has 2 aromatic rings. The summed E-state index contributed by atoms with van der Waals surface area (Å²) in [6, 6.07) is 5.18. The first-order valence-electron chi connectivity index (χ1n) is 10.0. The third kappa shape index (κ3) is 3.10. The Kier molecular flexibility index (Phi) is 4.97. The van der Waals surface area contributed by atoms with Gasteiger partial charge in [-0.05, 0) is 56.2 Å². The van der Waals surface area contributed by atoms with Gasteiger partial charge >= 0.3 is 5.97 Å². The second kappa shape index (κ2) is 7.48. The molecule has 1 fully saturated rings. The molecule has 7 nitrogen and oxygen atoms in total. The molecule has 0 spiro atoms. The van der Waals surface area contributed by atoms with E-state index < -0.39 is 11.4 Å². The third-order valence-electron chi connectivity index (χ3n) is 5.76. The highest BCUT2D eigenvalue weighted by atomic mass is 16.5. The van der Waals surface area contributed by atoms with Crippen LogP contribution in [-0.2, 0) is 11.2 Å². The zero-order valence-corrected chi connectivity index (χ0v) is 17.2. The van der Waals surface area contributed by atoms with E-state index in [0.717, 1.165) is 5.56 Å². The van der Waals surface area contributed by atoms with E-state index in [9.17, 15) is 14.7 Å². The van der Waals surface area contributed by atoms with Crippen molar-refractivity contribution in [3.05, 3.63) is 57.3 Å². The normalized spacial score (nSPS) is 21.2. The Bertz CT molecular complexity index is 1130. The van der Waals surface area contributed by atoms with Crippen molar-refractivity contribution >= 4 is 24.2 Å². The quantitative estimate of drug-likeness (QED) is 0.755. The van der Waals surface area contributed by atoms with E-state index >= 15 is 0 Å². The molecule has 156 valence electrons. The smallest absolute Gasteiger partial charge is 0.315 e. The molecule has 4 rings (SSSR count). The van der Waals surface area contributed by atoms with Gasteiger partial charge in [0.1, 0.15) is 22.7 Å². The van der Waals surface area contributed by atoms with Crippen LogP contribution in [0.4, 0.5) is 0 Å². The molecule has 1 aliphatic carbocycles. The first kappa shape index (κ1) is 19.9. The van der Waals surface area contributed by atoms with Gasteiger partial charge in [-0.3, -0.25) is 14.2 Å². The number of nitrogens with zero attached hydrogens (tertiary/aromatic N) is 2. The fraction of sp³-hybridized carbons (Fsp3) is 0.348. The number of hydrogen-bond donors (Lipinski definition) is 1. The molecular weight excluding hydrogens is 384 g/mol. The maximum absolute atomic E-state index is 13.2. The summed E-state index contributed by atoms with van der Waals surface area (Å²) < 4.78 is 12.5. The lowest BCUT2D eigenvalue weighted by atomic mass is 10.0. The van der Waals surface area contributed by atoms with E-state index in [1.54, 1.807) is 29.9 Å². The number of methoxy groups -OCH3 is 1. The average molecular weight is 408 g/mol. The van der Waals surface area contributed by atoms with Crippen LogP contribution in [0.1, 0.15) is 49.0 Å². The molecule has 2 aliphatic rings. The molecule has 2 atom stereocenters. The number of hydrogen-bond acceptors (Lipinski definition) is 5. The Morgan fingerprint density at radius 3 is 2.83 bits per heavy atom. The average Bonchev–Trinajstić information content (AvgIpc) is 3.49. The van der Waals surface area contributed by atoms with Crippen molar-refractivity contribution < 1.29 is 19.4 Å². The van der Waals surface area contributed by atoms with Crippen LogP contribution in [0.5, 0.6) is 11.5 Å². The van der Waals surface area contributed by atoms with Gasteiger partial charge in [-0.2, -0.15) is 0 Å². The predicted molar refractivity (Wildman–Crippen MR) is 114 cm³/mol. The van der Waals surface area contributed by atoms with Crippen LogP contribution >= 0.6 is 0 Å². The molecule has 1 aromatic carbocycles. The molecule has 2 heterocycles. The van der Waals surface area contributed by atoms with Crippen LogP contribution in [0, 0.1) is 5.41 Å². The number of ether oxygens (including phenoxy) is 2. The maximum Gasteiger partial charge on any atom is 0.315 e. The summed E-state index contributed by atoms with van der Waals surface area (Å²) >= 11 is 0. The van der Waals surface area contributed by atoms with Crippen molar-refractivity contribution in [2.45, 2.75) is 32.7 Å². The lowest BCUT2D eigenvalue weighted by molar-refractivity contribution is -0.141. The molecular formula is C23H24N2O5. The van der Waals surface area contributed by atoms with Gasteiger partial charge in [-0.25, -0.2) is 4.98 Å². The highest BCUT2D eigenvalue weighted by molar-refractivity contribution is 5.84. The number of aromatic nitrogens is 2. The summed E-state index contributed by atoms with van der Waals surface area (Å²) in [5.74, 6) is 1.01. The molecule has 30 heavy (non-hydrogen) atoms. The van der Waals surface area contributed by atoms with Crippen LogP contribution in [0.15, 0.2) is 29.1 Å². The second-order valence-electron chi connectivity index (χ2n) is 7.43. The first-order valence-corrected chi connectivity index (χ1v) is 10.0. The molecule has 0 saturated heterocycles. The number of carboxylic acids is 1. The fourth-order valence-electron chi connectivity index (χ4n) is 4.02. The van der Waals surface area contributed by atoms with Gasteiger partial charge < -0.3 is 14.6 Å². The van der Waals surface area contributed by atoms with Crippen molar-refractivity contribution in [3.8, 4) is 11.5 Å². The number of fused-ring (bicyclic) bond motifs is 3. The third-order valence-corrected chi connectivity index (χ3v) is 5.76. The molecule has 2 unspecified atom stereocenters. The number of carboxylic acid groups (broad SMARTS) is 1. The second-order valence-corrected chi connectivity index (χ2v) is 7.43. The van der Waals surface area contributed by atoms with E-state index in [1.807, 2.05) is 38.1 Å². The number of aliphatic carboxylic acids is 1. The number of carbonyl (C=O) groups is 1. The Labute approximate surface area is 174 Å². The van der Waals surface area contributed by atoms with Crippen LogP contribution in [-0.4, -0.2) is 34.3 Å². The molecule has 0 bridgehead atoms. The van der Waals surface area contributed by atoms with Crippen molar-refractivity contribution in [1.82, 2.24) is 9.55 Å². The minimum atomic E-state index is -0.964. The van der Waals surface area contributed by atoms with Crippen molar-refractivity contribution in [1.29, 1.82) is 0 Å². The van der Waals surface area contributed by atoms with E-state index in [0.29, 0.717) is 48.0 Å². The lowest BCUT2D eigenvalue weighted by Gasteiger charge is -2.19. The minimum absolute atomic E-state index is 0.171. The molecule has 7 heteroatoms. The minimum Gasteiger partial charge on any atom is -0.497 e. The van der Waals surface area contributed by atoms with E-state index in [4.69, 9.17) is 9.47 Å². The summed E-state index contributed by atoms with van der Waals surface area (Å²) in [7, 11) is 1.60. The Morgan fingerprint density at radius 1 is 1.37 bits per heavy atom.